The van der Waals surface area contributed by atoms with Gasteiger partial charge in [0.05, 0.1) is 13.2 Å². The highest BCUT2D eigenvalue weighted by molar-refractivity contribution is 5.81. The molecule has 1 amide bonds. The van der Waals surface area contributed by atoms with Gasteiger partial charge in [0.1, 0.15) is 0 Å². The smallest absolute Gasteiger partial charge is 0.221 e. The second kappa shape index (κ2) is 12.9. The summed E-state index contributed by atoms with van der Waals surface area (Å²) in [5.41, 5.74) is 0. The van der Waals surface area contributed by atoms with Gasteiger partial charge in [0.25, 0.3) is 0 Å². The van der Waals surface area contributed by atoms with Crippen LogP contribution in [0.3, 0.4) is 0 Å². The molecule has 0 aliphatic carbocycles. The Hall–Kier alpha value is -1.34. The number of rotatable bonds is 10. The molecule has 3 N–H and O–H groups in total. The van der Waals surface area contributed by atoms with Gasteiger partial charge in [0.15, 0.2) is 5.96 Å². The van der Waals surface area contributed by atoms with Gasteiger partial charge in [-0.05, 0) is 18.8 Å². The summed E-state index contributed by atoms with van der Waals surface area (Å²) in [6.07, 6.45) is 2.56. The lowest BCUT2D eigenvalue weighted by atomic mass is 10.0. The third-order valence-corrected chi connectivity index (χ3v) is 4.25. The summed E-state index contributed by atoms with van der Waals surface area (Å²) in [4.78, 5) is 18.4. The predicted octanol–water partition coefficient (Wildman–Crippen LogP) is 0.815. The largest absolute Gasteiger partial charge is 0.379 e. The van der Waals surface area contributed by atoms with Crippen molar-refractivity contribution >= 4 is 11.9 Å². The number of amides is 1. The zero-order chi connectivity index (χ0) is 18.5. The molecule has 1 aliphatic heterocycles. The van der Waals surface area contributed by atoms with Gasteiger partial charge in [-0.1, -0.05) is 20.8 Å². The molecule has 0 saturated carbocycles. The Morgan fingerprint density at radius 2 is 1.88 bits per heavy atom. The summed E-state index contributed by atoms with van der Waals surface area (Å²) in [5, 5.41) is 9.52. The molecule has 1 saturated heterocycles. The lowest BCUT2D eigenvalue weighted by molar-refractivity contribution is -0.120. The van der Waals surface area contributed by atoms with Crippen LogP contribution in [0.5, 0.6) is 0 Å². The molecule has 1 aliphatic rings. The van der Waals surface area contributed by atoms with Gasteiger partial charge in [-0.25, -0.2) is 0 Å². The van der Waals surface area contributed by atoms with Gasteiger partial charge in [-0.15, -0.1) is 0 Å². The van der Waals surface area contributed by atoms with Crippen LogP contribution in [0.2, 0.25) is 0 Å². The van der Waals surface area contributed by atoms with E-state index in [0.29, 0.717) is 24.9 Å². The first kappa shape index (κ1) is 21.7. The Morgan fingerprint density at radius 1 is 1.16 bits per heavy atom. The minimum Gasteiger partial charge on any atom is -0.379 e. The van der Waals surface area contributed by atoms with Crippen molar-refractivity contribution in [2.75, 3.05) is 53.0 Å². The highest BCUT2D eigenvalue weighted by Crippen LogP contribution is 2.12. The molecule has 25 heavy (non-hydrogen) atoms. The minimum absolute atomic E-state index is 0.0794. The molecule has 1 heterocycles. The van der Waals surface area contributed by atoms with Crippen molar-refractivity contribution in [2.24, 2.45) is 10.9 Å². The third-order valence-electron chi connectivity index (χ3n) is 4.25. The van der Waals surface area contributed by atoms with Crippen LogP contribution in [0.15, 0.2) is 4.99 Å². The topological polar surface area (TPSA) is 78.0 Å². The summed E-state index contributed by atoms with van der Waals surface area (Å²) < 4.78 is 5.47. The number of hydrogen-bond acceptors (Lipinski definition) is 4. The lowest BCUT2D eigenvalue weighted by Crippen LogP contribution is -2.51. The van der Waals surface area contributed by atoms with Gasteiger partial charge in [0.2, 0.25) is 5.91 Å². The van der Waals surface area contributed by atoms with Crippen molar-refractivity contribution in [3.8, 4) is 0 Å². The molecule has 1 unspecified atom stereocenters. The fraction of sp³-hybridized carbons (Fsp3) is 0.889. The van der Waals surface area contributed by atoms with E-state index in [0.717, 1.165) is 58.2 Å². The van der Waals surface area contributed by atoms with E-state index in [1.54, 1.807) is 7.05 Å². The number of nitrogens with one attached hydrogen (secondary N) is 3. The summed E-state index contributed by atoms with van der Waals surface area (Å²) in [7, 11) is 1.76. The average molecular weight is 356 g/mol. The van der Waals surface area contributed by atoms with Crippen molar-refractivity contribution in [3.63, 3.8) is 0 Å². The molecule has 0 spiro atoms. The molecule has 0 radical (unpaired) electrons. The number of guanidine groups is 1. The van der Waals surface area contributed by atoms with Gasteiger partial charge in [0, 0.05) is 52.2 Å². The van der Waals surface area contributed by atoms with Crippen molar-refractivity contribution < 1.29 is 9.53 Å². The van der Waals surface area contributed by atoms with Crippen LogP contribution in [-0.2, 0) is 9.53 Å². The van der Waals surface area contributed by atoms with E-state index in [9.17, 15) is 4.79 Å². The van der Waals surface area contributed by atoms with Gasteiger partial charge >= 0.3 is 0 Å². The molecule has 1 fully saturated rings. The SMILES string of the molecule is CCCNC(=O)CCNC(=NC)NCC(CC(C)C)N1CCOCC1. The summed E-state index contributed by atoms with van der Waals surface area (Å²) in [5.74, 6) is 1.48. The number of ether oxygens (including phenoxy) is 1. The number of nitrogens with zero attached hydrogens (tertiary/aromatic N) is 2. The van der Waals surface area contributed by atoms with Gasteiger partial charge in [-0.2, -0.15) is 0 Å². The van der Waals surface area contributed by atoms with Crippen LogP contribution < -0.4 is 16.0 Å². The number of aliphatic imine (C=N–C) groups is 1. The van der Waals surface area contributed by atoms with E-state index < -0.39 is 0 Å². The number of carbonyl (C=O) groups is 1. The fourth-order valence-corrected chi connectivity index (χ4v) is 2.93. The van der Waals surface area contributed by atoms with E-state index in [4.69, 9.17) is 4.74 Å². The zero-order valence-corrected chi connectivity index (χ0v) is 16.4. The van der Waals surface area contributed by atoms with Crippen molar-refractivity contribution in [1.82, 2.24) is 20.9 Å². The van der Waals surface area contributed by atoms with Crippen molar-refractivity contribution in [1.29, 1.82) is 0 Å². The molecular weight excluding hydrogens is 318 g/mol. The van der Waals surface area contributed by atoms with Crippen LogP contribution in [0.25, 0.3) is 0 Å². The Kier molecular flexibility index (Phi) is 11.2. The Balaban J connectivity index is 2.37. The zero-order valence-electron chi connectivity index (χ0n) is 16.4. The normalized spacial score (nSPS) is 17.4. The molecule has 7 heteroatoms. The predicted molar refractivity (Wildman–Crippen MR) is 103 cm³/mol. The minimum atomic E-state index is 0.0794. The second-order valence-electron chi connectivity index (χ2n) is 6.91. The van der Waals surface area contributed by atoms with E-state index >= 15 is 0 Å². The van der Waals surface area contributed by atoms with E-state index in [1.807, 2.05) is 6.92 Å². The standard InChI is InChI=1S/C18H37N5O2/c1-5-7-20-17(24)6-8-21-18(19-4)22-14-16(13-15(2)3)23-9-11-25-12-10-23/h15-16H,5-14H2,1-4H3,(H,20,24)(H2,19,21,22). The van der Waals surface area contributed by atoms with Crippen LogP contribution in [0, 0.1) is 5.92 Å². The Bertz CT molecular complexity index is 395. The fourth-order valence-electron chi connectivity index (χ4n) is 2.93. The summed E-state index contributed by atoms with van der Waals surface area (Å²) >= 11 is 0. The maximum absolute atomic E-state index is 11.6. The van der Waals surface area contributed by atoms with E-state index in [-0.39, 0.29) is 5.91 Å². The maximum atomic E-state index is 11.6. The molecule has 1 rings (SSSR count). The molecule has 0 bridgehead atoms. The van der Waals surface area contributed by atoms with E-state index in [1.165, 1.54) is 0 Å². The van der Waals surface area contributed by atoms with Crippen molar-refractivity contribution in [2.45, 2.75) is 46.1 Å². The van der Waals surface area contributed by atoms with Crippen LogP contribution in [0.1, 0.15) is 40.0 Å². The van der Waals surface area contributed by atoms with Gasteiger partial charge in [-0.3, -0.25) is 14.7 Å². The number of morpholine rings is 1. The molecule has 146 valence electrons. The molecule has 7 nitrogen and oxygen atoms in total. The number of hydrogen-bond donors (Lipinski definition) is 3. The first-order valence-electron chi connectivity index (χ1n) is 9.59. The highest BCUT2D eigenvalue weighted by Gasteiger charge is 2.22. The Labute approximate surface area is 153 Å². The number of carbonyl (C=O) groups excluding carboxylic acids is 1. The van der Waals surface area contributed by atoms with Crippen LogP contribution in [-0.4, -0.2) is 75.8 Å². The molecule has 0 aromatic heterocycles. The molecular formula is C18H37N5O2. The average Bonchev–Trinajstić information content (AvgIpc) is 2.62. The van der Waals surface area contributed by atoms with Crippen LogP contribution in [0.4, 0.5) is 0 Å². The first-order valence-corrected chi connectivity index (χ1v) is 9.59. The monoisotopic (exact) mass is 355 g/mol. The summed E-state index contributed by atoms with van der Waals surface area (Å²) in [6, 6.07) is 0.468. The first-order chi connectivity index (χ1) is 12.1. The molecule has 1 atom stereocenters. The van der Waals surface area contributed by atoms with Gasteiger partial charge < -0.3 is 20.7 Å². The molecule has 0 aromatic carbocycles. The summed E-state index contributed by atoms with van der Waals surface area (Å²) in [6.45, 7) is 12.3. The lowest BCUT2D eigenvalue weighted by Gasteiger charge is -2.35. The van der Waals surface area contributed by atoms with Crippen LogP contribution >= 0.6 is 0 Å². The van der Waals surface area contributed by atoms with E-state index in [2.05, 4.69) is 39.7 Å². The Morgan fingerprint density at radius 3 is 2.48 bits per heavy atom. The third kappa shape index (κ3) is 9.65. The maximum Gasteiger partial charge on any atom is 0.221 e. The molecule has 0 aromatic rings. The quantitative estimate of drug-likeness (QED) is 0.399. The highest BCUT2D eigenvalue weighted by atomic mass is 16.5. The second-order valence-corrected chi connectivity index (χ2v) is 6.91. The van der Waals surface area contributed by atoms with Crippen molar-refractivity contribution in [3.05, 3.63) is 0 Å².